The molecule has 0 bridgehead atoms. The molecule has 0 aliphatic carbocycles. The summed E-state index contributed by atoms with van der Waals surface area (Å²) in [6.07, 6.45) is 1.89. The van der Waals surface area contributed by atoms with E-state index < -0.39 is 0 Å². The van der Waals surface area contributed by atoms with E-state index in [1.165, 1.54) is 0 Å². The first kappa shape index (κ1) is 11.9. The third-order valence-corrected chi connectivity index (χ3v) is 1.89. The Labute approximate surface area is 79.3 Å². The van der Waals surface area contributed by atoms with Crippen molar-refractivity contribution >= 4 is 5.91 Å². The molecule has 0 saturated heterocycles. The van der Waals surface area contributed by atoms with Gasteiger partial charge in [-0.25, -0.2) is 0 Å². The Morgan fingerprint density at radius 3 is 2.77 bits per heavy atom. The second-order valence-corrected chi connectivity index (χ2v) is 2.84. The zero-order valence-corrected chi connectivity index (χ0v) is 8.26. The summed E-state index contributed by atoms with van der Waals surface area (Å²) in [5, 5.41) is 14.2. The average Bonchev–Trinajstić information content (AvgIpc) is 2.16. The third kappa shape index (κ3) is 6.12. The summed E-state index contributed by atoms with van der Waals surface area (Å²) in [7, 11) is 1.62. The number of nitrogens with zero attached hydrogens (tertiary/aromatic N) is 1. The molecule has 4 heteroatoms. The van der Waals surface area contributed by atoms with Crippen molar-refractivity contribution in [3.8, 4) is 6.07 Å². The molecule has 74 valence electrons. The maximum absolute atomic E-state index is 10.8. The van der Waals surface area contributed by atoms with E-state index in [1.54, 1.807) is 7.05 Å². The van der Waals surface area contributed by atoms with Crippen LogP contribution in [0.4, 0.5) is 0 Å². The molecule has 0 saturated carbocycles. The zero-order valence-electron chi connectivity index (χ0n) is 8.26. The summed E-state index contributed by atoms with van der Waals surface area (Å²) in [4.78, 5) is 10.8. The minimum Gasteiger partial charge on any atom is -0.359 e. The Kier molecular flexibility index (Phi) is 6.93. The Bertz CT molecular complexity index is 186. The number of rotatable bonds is 6. The van der Waals surface area contributed by atoms with E-state index in [0.717, 1.165) is 6.42 Å². The van der Waals surface area contributed by atoms with Crippen molar-refractivity contribution in [1.82, 2.24) is 10.6 Å². The van der Waals surface area contributed by atoms with Gasteiger partial charge >= 0.3 is 0 Å². The molecule has 0 aliphatic rings. The maximum Gasteiger partial charge on any atom is 0.221 e. The fraction of sp³-hybridized carbons (Fsp3) is 0.778. The van der Waals surface area contributed by atoms with Crippen LogP contribution in [0, 0.1) is 11.3 Å². The molecule has 0 aromatic carbocycles. The quantitative estimate of drug-likeness (QED) is 0.626. The Balaban J connectivity index is 3.50. The maximum atomic E-state index is 10.8. The van der Waals surface area contributed by atoms with Crippen LogP contribution in [0.25, 0.3) is 0 Å². The highest BCUT2D eigenvalue weighted by Gasteiger charge is 2.04. The van der Waals surface area contributed by atoms with Crippen molar-refractivity contribution in [2.75, 3.05) is 13.6 Å². The molecule has 0 aromatic heterocycles. The number of carbonyl (C=O) groups excluding carboxylic acids is 1. The van der Waals surface area contributed by atoms with Gasteiger partial charge in [-0.15, -0.1) is 0 Å². The monoisotopic (exact) mass is 183 g/mol. The van der Waals surface area contributed by atoms with Crippen molar-refractivity contribution in [2.45, 2.75) is 32.2 Å². The van der Waals surface area contributed by atoms with Crippen LogP contribution < -0.4 is 10.6 Å². The number of nitriles is 1. The lowest BCUT2D eigenvalue weighted by Gasteiger charge is -2.12. The lowest BCUT2D eigenvalue weighted by Crippen LogP contribution is -2.32. The van der Waals surface area contributed by atoms with Gasteiger partial charge in [-0.2, -0.15) is 5.26 Å². The molecule has 13 heavy (non-hydrogen) atoms. The smallest absolute Gasteiger partial charge is 0.221 e. The normalized spacial score (nSPS) is 11.8. The van der Waals surface area contributed by atoms with Gasteiger partial charge in [0.15, 0.2) is 0 Å². The predicted molar refractivity (Wildman–Crippen MR) is 51.0 cm³/mol. The van der Waals surface area contributed by atoms with Crippen molar-refractivity contribution in [3.63, 3.8) is 0 Å². The lowest BCUT2D eigenvalue weighted by molar-refractivity contribution is -0.120. The molecule has 0 rings (SSSR count). The topological polar surface area (TPSA) is 64.9 Å². The third-order valence-electron chi connectivity index (χ3n) is 1.89. The SMILES string of the molecule is CCC(CC#N)NCCC(=O)NC. The van der Waals surface area contributed by atoms with Crippen LogP contribution in [-0.2, 0) is 4.79 Å². The molecule has 0 radical (unpaired) electrons. The van der Waals surface area contributed by atoms with Crippen LogP contribution >= 0.6 is 0 Å². The van der Waals surface area contributed by atoms with Crippen LogP contribution in [-0.4, -0.2) is 25.5 Å². The minimum absolute atomic E-state index is 0.0271. The van der Waals surface area contributed by atoms with Gasteiger partial charge in [0.05, 0.1) is 12.5 Å². The first-order chi connectivity index (χ1) is 6.24. The van der Waals surface area contributed by atoms with Crippen LogP contribution in [0.3, 0.4) is 0 Å². The molecule has 4 nitrogen and oxygen atoms in total. The van der Waals surface area contributed by atoms with Gasteiger partial charge in [-0.1, -0.05) is 6.92 Å². The van der Waals surface area contributed by atoms with Gasteiger partial charge < -0.3 is 10.6 Å². The summed E-state index contributed by atoms with van der Waals surface area (Å²) in [6, 6.07) is 2.33. The molecule has 0 heterocycles. The van der Waals surface area contributed by atoms with Gasteiger partial charge in [0.2, 0.25) is 5.91 Å². The fourth-order valence-corrected chi connectivity index (χ4v) is 0.986. The first-order valence-corrected chi connectivity index (χ1v) is 4.55. The molecule has 1 unspecified atom stereocenters. The predicted octanol–water partition coefficient (Wildman–Crippen LogP) is 0.404. The number of hydrogen-bond donors (Lipinski definition) is 2. The first-order valence-electron chi connectivity index (χ1n) is 4.55. The van der Waals surface area contributed by atoms with Gasteiger partial charge in [0.25, 0.3) is 0 Å². The van der Waals surface area contributed by atoms with Crippen molar-refractivity contribution in [2.24, 2.45) is 0 Å². The molecular weight excluding hydrogens is 166 g/mol. The molecule has 0 fully saturated rings. The molecule has 1 atom stereocenters. The number of nitrogens with one attached hydrogen (secondary N) is 2. The number of amides is 1. The van der Waals surface area contributed by atoms with Crippen LogP contribution in [0.1, 0.15) is 26.2 Å². The van der Waals surface area contributed by atoms with Crippen LogP contribution in [0.2, 0.25) is 0 Å². The fourth-order valence-electron chi connectivity index (χ4n) is 0.986. The van der Waals surface area contributed by atoms with Crippen molar-refractivity contribution < 1.29 is 4.79 Å². The summed E-state index contributed by atoms with van der Waals surface area (Å²) >= 11 is 0. The largest absolute Gasteiger partial charge is 0.359 e. The lowest BCUT2D eigenvalue weighted by atomic mass is 10.1. The second-order valence-electron chi connectivity index (χ2n) is 2.84. The summed E-state index contributed by atoms with van der Waals surface area (Å²) in [6.45, 7) is 2.66. The second kappa shape index (κ2) is 7.56. The van der Waals surface area contributed by atoms with Crippen molar-refractivity contribution in [1.29, 1.82) is 5.26 Å². The molecular formula is C9H17N3O. The molecule has 2 N–H and O–H groups in total. The van der Waals surface area contributed by atoms with E-state index in [4.69, 9.17) is 5.26 Å². The van der Waals surface area contributed by atoms with E-state index in [0.29, 0.717) is 19.4 Å². The highest BCUT2D eigenvalue weighted by molar-refractivity contribution is 5.75. The van der Waals surface area contributed by atoms with Gasteiger partial charge in [0, 0.05) is 26.1 Å². The van der Waals surface area contributed by atoms with E-state index in [2.05, 4.69) is 16.7 Å². The van der Waals surface area contributed by atoms with Crippen LogP contribution in [0.15, 0.2) is 0 Å². The Hall–Kier alpha value is -1.08. The standard InChI is InChI=1S/C9H17N3O/c1-3-8(4-6-10)12-7-5-9(13)11-2/h8,12H,3-5,7H2,1-2H3,(H,11,13). The highest BCUT2D eigenvalue weighted by Crippen LogP contribution is 1.95. The van der Waals surface area contributed by atoms with E-state index in [9.17, 15) is 4.79 Å². The molecule has 0 aromatic rings. The van der Waals surface area contributed by atoms with E-state index >= 15 is 0 Å². The summed E-state index contributed by atoms with van der Waals surface area (Å²) in [5.74, 6) is 0.0271. The molecule has 0 aliphatic heterocycles. The zero-order chi connectivity index (χ0) is 10.1. The summed E-state index contributed by atoms with van der Waals surface area (Å²) < 4.78 is 0. The van der Waals surface area contributed by atoms with Gasteiger partial charge in [0.1, 0.15) is 0 Å². The number of hydrogen-bond acceptors (Lipinski definition) is 3. The average molecular weight is 183 g/mol. The Morgan fingerprint density at radius 2 is 2.31 bits per heavy atom. The highest BCUT2D eigenvalue weighted by atomic mass is 16.1. The van der Waals surface area contributed by atoms with E-state index in [-0.39, 0.29) is 11.9 Å². The van der Waals surface area contributed by atoms with Gasteiger partial charge in [-0.3, -0.25) is 4.79 Å². The van der Waals surface area contributed by atoms with Crippen LogP contribution in [0.5, 0.6) is 0 Å². The summed E-state index contributed by atoms with van der Waals surface area (Å²) in [5.41, 5.74) is 0. The van der Waals surface area contributed by atoms with Gasteiger partial charge in [-0.05, 0) is 6.42 Å². The molecule has 1 amide bonds. The van der Waals surface area contributed by atoms with E-state index in [1.807, 2.05) is 6.92 Å². The molecule has 0 spiro atoms. The number of carbonyl (C=O) groups is 1. The van der Waals surface area contributed by atoms with Crippen molar-refractivity contribution in [3.05, 3.63) is 0 Å². The Morgan fingerprint density at radius 1 is 1.62 bits per heavy atom. The minimum atomic E-state index is 0.0271.